The molecule has 1 aromatic rings. The van der Waals surface area contributed by atoms with Crippen molar-refractivity contribution < 1.29 is 19.1 Å². The van der Waals surface area contributed by atoms with Crippen LogP contribution in [-0.2, 0) is 4.79 Å². The lowest BCUT2D eigenvalue weighted by molar-refractivity contribution is -0.137. The van der Waals surface area contributed by atoms with Gasteiger partial charge < -0.3 is 5.11 Å². The van der Waals surface area contributed by atoms with E-state index in [-0.39, 0.29) is 18.5 Å². The summed E-state index contributed by atoms with van der Waals surface area (Å²) in [5.41, 5.74) is -0.0217. The number of carboxylic acid groups (broad SMARTS) is 1. The van der Waals surface area contributed by atoms with E-state index in [9.17, 15) is 14.0 Å². The van der Waals surface area contributed by atoms with E-state index >= 15 is 0 Å². The minimum absolute atomic E-state index is 0.0217. The Kier molecular flexibility index (Phi) is 5.44. The topological polar surface area (TPSA) is 60.9 Å². The van der Waals surface area contributed by atoms with Gasteiger partial charge in [-0.1, -0.05) is 12.1 Å². The zero-order chi connectivity index (χ0) is 14.4. The van der Waals surface area contributed by atoms with Crippen LogP contribution in [0.2, 0.25) is 0 Å². The van der Waals surface area contributed by atoms with Gasteiger partial charge in [0, 0.05) is 27.1 Å². The summed E-state index contributed by atoms with van der Waals surface area (Å²) in [4.78, 5) is 22.6. The number of aliphatic carboxylic acids is 1. The third kappa shape index (κ3) is 4.33. The molecule has 6 heteroatoms. The number of carboxylic acids is 1. The first kappa shape index (κ1) is 15.1. The molecule has 0 aliphatic carbocycles. The molecule has 0 heterocycles. The molecule has 0 fully saturated rings. The quantitative estimate of drug-likeness (QED) is 0.796. The lowest BCUT2D eigenvalue weighted by atomic mass is 10.2. The summed E-state index contributed by atoms with van der Waals surface area (Å²) in [6.45, 7) is 0.229. The van der Waals surface area contributed by atoms with Gasteiger partial charge in [-0.25, -0.2) is 9.40 Å². The predicted octanol–water partition coefficient (Wildman–Crippen LogP) is 1.61. The van der Waals surface area contributed by atoms with Gasteiger partial charge in [0.25, 0.3) is 5.91 Å². The second-order valence-electron chi connectivity index (χ2n) is 4.25. The normalized spacial score (nSPS) is 10.5. The van der Waals surface area contributed by atoms with E-state index < -0.39 is 17.7 Å². The Morgan fingerprint density at radius 1 is 1.26 bits per heavy atom. The van der Waals surface area contributed by atoms with Crippen LogP contribution in [0.15, 0.2) is 24.3 Å². The third-order valence-electron chi connectivity index (χ3n) is 2.58. The molecule has 104 valence electrons. The van der Waals surface area contributed by atoms with Gasteiger partial charge in [-0.3, -0.25) is 14.6 Å². The van der Waals surface area contributed by atoms with Crippen molar-refractivity contribution in [1.82, 2.24) is 10.0 Å². The number of halogens is 1. The predicted molar refractivity (Wildman–Crippen MR) is 68.0 cm³/mol. The van der Waals surface area contributed by atoms with E-state index in [1.165, 1.54) is 28.2 Å². The molecule has 0 saturated carbocycles. The Hall–Kier alpha value is -1.95. The summed E-state index contributed by atoms with van der Waals surface area (Å²) in [5, 5.41) is 11.4. The molecule has 0 aliphatic heterocycles. The summed E-state index contributed by atoms with van der Waals surface area (Å²) >= 11 is 0. The molecule has 0 atom stereocenters. The van der Waals surface area contributed by atoms with Crippen molar-refractivity contribution in [1.29, 1.82) is 0 Å². The van der Waals surface area contributed by atoms with E-state index in [2.05, 4.69) is 0 Å². The van der Waals surface area contributed by atoms with Crippen LogP contribution in [0.25, 0.3) is 0 Å². The van der Waals surface area contributed by atoms with Crippen LogP contribution in [0.4, 0.5) is 4.39 Å². The molecule has 0 aromatic heterocycles. The number of nitrogens with zero attached hydrogens (tertiary/aromatic N) is 2. The number of carbonyl (C=O) groups excluding carboxylic acids is 1. The molecule has 0 aliphatic rings. The van der Waals surface area contributed by atoms with E-state index in [1.54, 1.807) is 20.2 Å². The summed E-state index contributed by atoms with van der Waals surface area (Å²) in [6, 6.07) is 5.72. The van der Waals surface area contributed by atoms with Gasteiger partial charge in [-0.15, -0.1) is 0 Å². The van der Waals surface area contributed by atoms with Gasteiger partial charge in [-0.2, -0.15) is 0 Å². The number of hydrazine groups is 1. The number of hydrogen-bond acceptors (Lipinski definition) is 3. The molecular formula is C13H17FN2O3. The van der Waals surface area contributed by atoms with Crippen molar-refractivity contribution in [2.24, 2.45) is 0 Å². The van der Waals surface area contributed by atoms with Crippen molar-refractivity contribution in [3.8, 4) is 0 Å². The van der Waals surface area contributed by atoms with Crippen molar-refractivity contribution >= 4 is 11.9 Å². The summed E-state index contributed by atoms with van der Waals surface area (Å²) in [7, 11) is 3.30. The van der Waals surface area contributed by atoms with Gasteiger partial charge >= 0.3 is 5.97 Å². The van der Waals surface area contributed by atoms with Crippen molar-refractivity contribution in [2.75, 3.05) is 20.6 Å². The van der Waals surface area contributed by atoms with Gasteiger partial charge in [0.1, 0.15) is 5.82 Å². The molecule has 1 amide bonds. The molecule has 19 heavy (non-hydrogen) atoms. The first-order valence-electron chi connectivity index (χ1n) is 5.89. The molecular weight excluding hydrogens is 251 g/mol. The molecule has 0 radical (unpaired) electrons. The van der Waals surface area contributed by atoms with E-state index in [1.807, 2.05) is 0 Å². The highest BCUT2D eigenvalue weighted by Crippen LogP contribution is 2.11. The first-order chi connectivity index (χ1) is 8.93. The van der Waals surface area contributed by atoms with Gasteiger partial charge in [0.2, 0.25) is 0 Å². The maximum atomic E-state index is 13.6. The van der Waals surface area contributed by atoms with Gasteiger partial charge in [0.15, 0.2) is 0 Å². The van der Waals surface area contributed by atoms with Crippen LogP contribution in [-0.4, -0.2) is 47.6 Å². The Bertz CT molecular complexity index is 463. The summed E-state index contributed by atoms with van der Waals surface area (Å²) in [6.07, 6.45) is 0.280. The molecule has 0 bridgehead atoms. The average Bonchev–Trinajstić information content (AvgIpc) is 2.33. The average molecular weight is 268 g/mol. The largest absolute Gasteiger partial charge is 0.481 e. The fourth-order valence-corrected chi connectivity index (χ4v) is 1.64. The van der Waals surface area contributed by atoms with Crippen LogP contribution < -0.4 is 0 Å². The Balaban J connectivity index is 2.79. The maximum absolute atomic E-state index is 13.6. The minimum Gasteiger partial charge on any atom is -0.481 e. The van der Waals surface area contributed by atoms with E-state index in [0.29, 0.717) is 6.42 Å². The highest BCUT2D eigenvalue weighted by molar-refractivity contribution is 5.94. The number of amides is 1. The molecule has 0 saturated heterocycles. The third-order valence-corrected chi connectivity index (χ3v) is 2.58. The maximum Gasteiger partial charge on any atom is 0.303 e. The van der Waals surface area contributed by atoms with Crippen LogP contribution in [0, 0.1) is 5.82 Å². The standard InChI is InChI=1S/C13H17FN2O3/c1-15(2)16(9-5-8-12(17)18)13(19)10-6-3-4-7-11(10)14/h3-4,6-7H,5,8-9H2,1-2H3,(H,17,18). The van der Waals surface area contributed by atoms with Crippen LogP contribution in [0.3, 0.4) is 0 Å². The van der Waals surface area contributed by atoms with Gasteiger partial charge in [-0.05, 0) is 18.6 Å². The van der Waals surface area contributed by atoms with Crippen LogP contribution in [0.1, 0.15) is 23.2 Å². The molecule has 5 nitrogen and oxygen atoms in total. The van der Waals surface area contributed by atoms with Crippen LogP contribution in [0.5, 0.6) is 0 Å². The SMILES string of the molecule is CN(C)N(CCCC(=O)O)C(=O)c1ccccc1F. The lowest BCUT2D eigenvalue weighted by Crippen LogP contribution is -2.43. The Morgan fingerprint density at radius 3 is 2.42 bits per heavy atom. The minimum atomic E-state index is -0.919. The fourth-order valence-electron chi connectivity index (χ4n) is 1.64. The fraction of sp³-hybridized carbons (Fsp3) is 0.385. The number of benzene rings is 1. The number of carbonyl (C=O) groups is 2. The lowest BCUT2D eigenvalue weighted by Gasteiger charge is -2.29. The van der Waals surface area contributed by atoms with Crippen molar-refractivity contribution in [3.05, 3.63) is 35.6 Å². The van der Waals surface area contributed by atoms with Crippen LogP contribution >= 0.6 is 0 Å². The molecule has 0 unspecified atom stereocenters. The summed E-state index contributed by atoms with van der Waals surface area (Å²) in [5.74, 6) is -1.98. The number of rotatable bonds is 6. The summed E-state index contributed by atoms with van der Waals surface area (Å²) < 4.78 is 13.6. The zero-order valence-corrected chi connectivity index (χ0v) is 11.0. The highest BCUT2D eigenvalue weighted by atomic mass is 19.1. The number of hydrogen-bond donors (Lipinski definition) is 1. The molecule has 1 rings (SSSR count). The second-order valence-corrected chi connectivity index (χ2v) is 4.25. The highest BCUT2D eigenvalue weighted by Gasteiger charge is 2.20. The van der Waals surface area contributed by atoms with E-state index in [0.717, 1.165) is 0 Å². The molecule has 1 N–H and O–H groups in total. The van der Waals surface area contributed by atoms with Crippen molar-refractivity contribution in [3.63, 3.8) is 0 Å². The zero-order valence-electron chi connectivity index (χ0n) is 11.0. The van der Waals surface area contributed by atoms with Gasteiger partial charge in [0.05, 0.1) is 5.56 Å². The smallest absolute Gasteiger partial charge is 0.303 e. The first-order valence-corrected chi connectivity index (χ1v) is 5.89. The monoisotopic (exact) mass is 268 g/mol. The molecule has 1 aromatic carbocycles. The second kappa shape index (κ2) is 6.84. The van der Waals surface area contributed by atoms with Crippen molar-refractivity contribution in [2.45, 2.75) is 12.8 Å². The Morgan fingerprint density at radius 2 is 1.89 bits per heavy atom. The van der Waals surface area contributed by atoms with E-state index in [4.69, 9.17) is 5.11 Å². The molecule has 0 spiro atoms. The Labute approximate surface area is 111 Å².